The van der Waals surface area contributed by atoms with Gasteiger partial charge < -0.3 is 10.4 Å². The van der Waals surface area contributed by atoms with Crippen molar-refractivity contribution in [2.24, 2.45) is 17.8 Å². The van der Waals surface area contributed by atoms with Crippen LogP contribution in [0.1, 0.15) is 38.7 Å². The van der Waals surface area contributed by atoms with Gasteiger partial charge in [-0.2, -0.15) is 0 Å². The van der Waals surface area contributed by atoms with Crippen LogP contribution in [-0.2, 0) is 16.0 Å². The van der Waals surface area contributed by atoms with Gasteiger partial charge in [0.15, 0.2) is 0 Å². The molecule has 114 valence electrons. The molecule has 4 heteroatoms. The van der Waals surface area contributed by atoms with E-state index in [2.05, 4.69) is 12.2 Å². The van der Waals surface area contributed by atoms with E-state index in [1.807, 2.05) is 31.2 Å². The molecular weight excluding hydrogens is 266 g/mol. The SMILES string of the molecule is CCc1ccc(NC(=O)C2CCC(C)CC2C(=O)O)cc1. The van der Waals surface area contributed by atoms with E-state index < -0.39 is 17.8 Å². The summed E-state index contributed by atoms with van der Waals surface area (Å²) in [5.41, 5.74) is 1.95. The fraction of sp³-hybridized carbons (Fsp3) is 0.529. The number of anilines is 1. The number of aliphatic carboxylic acids is 1. The third-order valence-electron chi connectivity index (χ3n) is 4.40. The molecule has 3 unspecified atom stereocenters. The molecule has 0 spiro atoms. The lowest BCUT2D eigenvalue weighted by molar-refractivity contribution is -0.148. The first kappa shape index (κ1) is 15.5. The fourth-order valence-corrected chi connectivity index (χ4v) is 3.03. The van der Waals surface area contributed by atoms with E-state index in [1.165, 1.54) is 5.56 Å². The second kappa shape index (κ2) is 6.74. The summed E-state index contributed by atoms with van der Waals surface area (Å²) in [6, 6.07) is 7.70. The van der Waals surface area contributed by atoms with Crippen molar-refractivity contribution in [3.05, 3.63) is 29.8 Å². The minimum atomic E-state index is -0.858. The Morgan fingerprint density at radius 2 is 1.86 bits per heavy atom. The van der Waals surface area contributed by atoms with Gasteiger partial charge in [0.1, 0.15) is 0 Å². The van der Waals surface area contributed by atoms with Crippen molar-refractivity contribution in [2.75, 3.05) is 5.32 Å². The highest BCUT2D eigenvalue weighted by molar-refractivity contribution is 5.95. The molecule has 1 aliphatic carbocycles. The minimum Gasteiger partial charge on any atom is -0.481 e. The minimum absolute atomic E-state index is 0.168. The molecule has 1 saturated carbocycles. The highest BCUT2D eigenvalue weighted by Crippen LogP contribution is 2.34. The number of rotatable bonds is 4. The van der Waals surface area contributed by atoms with Gasteiger partial charge in [-0.25, -0.2) is 0 Å². The summed E-state index contributed by atoms with van der Waals surface area (Å²) in [6.45, 7) is 4.13. The number of hydrogen-bond acceptors (Lipinski definition) is 2. The largest absolute Gasteiger partial charge is 0.481 e. The Morgan fingerprint density at radius 1 is 1.19 bits per heavy atom. The smallest absolute Gasteiger partial charge is 0.307 e. The van der Waals surface area contributed by atoms with Gasteiger partial charge >= 0.3 is 5.97 Å². The summed E-state index contributed by atoms with van der Waals surface area (Å²) in [5.74, 6) is -1.64. The number of benzene rings is 1. The topological polar surface area (TPSA) is 66.4 Å². The first-order valence-electron chi connectivity index (χ1n) is 7.63. The number of amides is 1. The molecule has 3 atom stereocenters. The normalized spacial score (nSPS) is 25.3. The molecule has 1 aromatic carbocycles. The van der Waals surface area contributed by atoms with Gasteiger partial charge in [0.2, 0.25) is 5.91 Å². The maximum Gasteiger partial charge on any atom is 0.307 e. The molecule has 1 aromatic rings. The molecule has 0 heterocycles. The first-order valence-corrected chi connectivity index (χ1v) is 7.63. The average Bonchev–Trinajstić information content (AvgIpc) is 2.47. The Bertz CT molecular complexity index is 509. The summed E-state index contributed by atoms with van der Waals surface area (Å²) in [6.07, 6.45) is 3.10. The predicted octanol–water partition coefficient (Wildman–Crippen LogP) is 3.32. The summed E-state index contributed by atoms with van der Waals surface area (Å²) >= 11 is 0. The van der Waals surface area contributed by atoms with Crippen LogP contribution in [0.5, 0.6) is 0 Å². The van der Waals surface area contributed by atoms with Crippen LogP contribution < -0.4 is 5.32 Å². The molecule has 4 nitrogen and oxygen atoms in total. The van der Waals surface area contributed by atoms with Crippen LogP contribution in [0.2, 0.25) is 0 Å². The Labute approximate surface area is 125 Å². The van der Waals surface area contributed by atoms with Crippen LogP contribution in [-0.4, -0.2) is 17.0 Å². The molecule has 0 radical (unpaired) electrons. The van der Waals surface area contributed by atoms with Crippen molar-refractivity contribution in [3.8, 4) is 0 Å². The van der Waals surface area contributed by atoms with Crippen molar-refractivity contribution in [2.45, 2.75) is 39.5 Å². The predicted molar refractivity (Wildman–Crippen MR) is 82.1 cm³/mol. The molecule has 1 fully saturated rings. The van der Waals surface area contributed by atoms with Gasteiger partial charge in [-0.3, -0.25) is 9.59 Å². The maximum atomic E-state index is 12.4. The van der Waals surface area contributed by atoms with E-state index in [4.69, 9.17) is 0 Å². The average molecular weight is 289 g/mol. The Morgan fingerprint density at radius 3 is 2.43 bits per heavy atom. The van der Waals surface area contributed by atoms with E-state index in [-0.39, 0.29) is 5.91 Å². The van der Waals surface area contributed by atoms with Crippen LogP contribution in [0.3, 0.4) is 0 Å². The third kappa shape index (κ3) is 3.84. The fourth-order valence-electron chi connectivity index (χ4n) is 3.03. The summed E-state index contributed by atoms with van der Waals surface area (Å²) in [5, 5.41) is 12.2. The van der Waals surface area contributed by atoms with Crippen LogP contribution in [0.15, 0.2) is 24.3 Å². The van der Waals surface area contributed by atoms with E-state index in [1.54, 1.807) is 0 Å². The molecule has 1 amide bonds. The number of carboxylic acid groups (broad SMARTS) is 1. The van der Waals surface area contributed by atoms with Gasteiger partial charge in [0.05, 0.1) is 11.8 Å². The van der Waals surface area contributed by atoms with Crippen LogP contribution >= 0.6 is 0 Å². The van der Waals surface area contributed by atoms with E-state index in [0.717, 1.165) is 18.5 Å². The second-order valence-corrected chi connectivity index (χ2v) is 6.01. The second-order valence-electron chi connectivity index (χ2n) is 6.01. The molecule has 0 saturated heterocycles. The zero-order valence-electron chi connectivity index (χ0n) is 12.6. The number of carbonyl (C=O) groups excluding carboxylic acids is 1. The van der Waals surface area contributed by atoms with Crippen molar-refractivity contribution in [1.29, 1.82) is 0 Å². The monoisotopic (exact) mass is 289 g/mol. The van der Waals surface area contributed by atoms with Crippen LogP contribution in [0.4, 0.5) is 5.69 Å². The summed E-state index contributed by atoms with van der Waals surface area (Å²) in [4.78, 5) is 23.7. The number of carboxylic acids is 1. The van der Waals surface area contributed by atoms with E-state index in [9.17, 15) is 14.7 Å². The number of aryl methyl sites for hydroxylation is 1. The third-order valence-corrected chi connectivity index (χ3v) is 4.40. The van der Waals surface area contributed by atoms with Gasteiger partial charge in [0, 0.05) is 5.69 Å². The van der Waals surface area contributed by atoms with Crippen LogP contribution in [0.25, 0.3) is 0 Å². The van der Waals surface area contributed by atoms with Crippen molar-refractivity contribution in [1.82, 2.24) is 0 Å². The van der Waals surface area contributed by atoms with Crippen molar-refractivity contribution >= 4 is 17.6 Å². The maximum absolute atomic E-state index is 12.4. The van der Waals surface area contributed by atoms with Crippen molar-refractivity contribution in [3.63, 3.8) is 0 Å². The Kier molecular flexibility index (Phi) is 4.99. The molecular formula is C17H23NO3. The molecule has 2 N–H and O–H groups in total. The lowest BCUT2D eigenvalue weighted by atomic mass is 9.74. The number of nitrogens with one attached hydrogen (secondary N) is 1. The highest BCUT2D eigenvalue weighted by atomic mass is 16.4. The van der Waals surface area contributed by atoms with E-state index >= 15 is 0 Å². The van der Waals surface area contributed by atoms with E-state index in [0.29, 0.717) is 18.8 Å². The summed E-state index contributed by atoms with van der Waals surface area (Å²) < 4.78 is 0. The summed E-state index contributed by atoms with van der Waals surface area (Å²) in [7, 11) is 0. The molecule has 0 aliphatic heterocycles. The van der Waals surface area contributed by atoms with Crippen LogP contribution in [0, 0.1) is 17.8 Å². The molecule has 2 rings (SSSR count). The lowest BCUT2D eigenvalue weighted by Crippen LogP contribution is -2.38. The standard InChI is InChI=1S/C17H23NO3/c1-3-12-5-7-13(8-6-12)18-16(19)14-9-4-11(2)10-15(14)17(20)21/h5-8,11,14-15H,3-4,9-10H2,1-2H3,(H,18,19)(H,20,21). The van der Waals surface area contributed by atoms with Gasteiger partial charge in [0.25, 0.3) is 0 Å². The first-order chi connectivity index (χ1) is 10.0. The molecule has 0 aromatic heterocycles. The molecule has 1 aliphatic rings. The zero-order chi connectivity index (χ0) is 15.4. The number of carbonyl (C=O) groups is 2. The van der Waals surface area contributed by atoms with Gasteiger partial charge in [-0.1, -0.05) is 26.0 Å². The van der Waals surface area contributed by atoms with Gasteiger partial charge in [-0.15, -0.1) is 0 Å². The molecule has 21 heavy (non-hydrogen) atoms. The van der Waals surface area contributed by atoms with Gasteiger partial charge in [-0.05, 0) is 49.3 Å². The molecule has 0 bridgehead atoms. The quantitative estimate of drug-likeness (QED) is 0.893. The highest BCUT2D eigenvalue weighted by Gasteiger charge is 2.38. The van der Waals surface area contributed by atoms with Crippen molar-refractivity contribution < 1.29 is 14.7 Å². The Hall–Kier alpha value is -1.84. The lowest BCUT2D eigenvalue weighted by Gasteiger charge is -2.31. The number of hydrogen-bond donors (Lipinski definition) is 2. The zero-order valence-corrected chi connectivity index (χ0v) is 12.6. The Balaban J connectivity index is 2.05.